The lowest BCUT2D eigenvalue weighted by atomic mass is 10.1. The van der Waals surface area contributed by atoms with E-state index in [9.17, 15) is 4.79 Å². The van der Waals surface area contributed by atoms with E-state index in [4.69, 9.17) is 5.73 Å². The van der Waals surface area contributed by atoms with Crippen LogP contribution in [0.3, 0.4) is 0 Å². The van der Waals surface area contributed by atoms with Gasteiger partial charge in [-0.05, 0) is 52.5 Å². The van der Waals surface area contributed by atoms with Crippen LogP contribution in [0.1, 0.15) is 42.7 Å². The number of hydrogen-bond acceptors (Lipinski definition) is 4. The number of aryl methyl sites for hydroxylation is 1. The number of rotatable bonds is 8. The number of carbonyl (C=O) groups excluding carboxylic acids is 1. The van der Waals surface area contributed by atoms with Gasteiger partial charge in [0.05, 0.1) is 0 Å². The van der Waals surface area contributed by atoms with Gasteiger partial charge < -0.3 is 15.5 Å². The van der Waals surface area contributed by atoms with E-state index < -0.39 is 0 Å². The van der Waals surface area contributed by atoms with E-state index in [1.165, 1.54) is 0 Å². The highest BCUT2D eigenvalue weighted by Crippen LogP contribution is 2.12. The lowest BCUT2D eigenvalue weighted by Gasteiger charge is -2.22. The zero-order chi connectivity index (χ0) is 15.8. The summed E-state index contributed by atoms with van der Waals surface area (Å²) in [4.78, 5) is 20.9. The number of aromatic nitrogens is 1. The number of pyridine rings is 1. The highest BCUT2D eigenvalue weighted by atomic mass is 16.2. The lowest BCUT2D eigenvalue weighted by molar-refractivity contribution is 0.0759. The molecule has 0 fully saturated rings. The van der Waals surface area contributed by atoms with E-state index in [1.54, 1.807) is 6.07 Å². The van der Waals surface area contributed by atoms with Crippen molar-refractivity contribution in [3.8, 4) is 0 Å². The van der Waals surface area contributed by atoms with E-state index in [2.05, 4.69) is 16.8 Å². The van der Waals surface area contributed by atoms with Crippen LogP contribution in [-0.2, 0) is 6.42 Å². The Kier molecular flexibility index (Phi) is 7.15. The van der Waals surface area contributed by atoms with Crippen LogP contribution in [0.2, 0.25) is 0 Å². The van der Waals surface area contributed by atoms with Crippen molar-refractivity contribution in [2.45, 2.75) is 33.1 Å². The van der Waals surface area contributed by atoms with Gasteiger partial charge in [0.15, 0.2) is 0 Å². The van der Waals surface area contributed by atoms with Crippen LogP contribution in [-0.4, -0.2) is 54.4 Å². The van der Waals surface area contributed by atoms with E-state index in [0.717, 1.165) is 38.0 Å². The predicted octanol–water partition coefficient (Wildman–Crippen LogP) is 2.03. The number of nitrogen functional groups attached to an aromatic ring is 1. The predicted molar refractivity (Wildman–Crippen MR) is 87.4 cm³/mol. The van der Waals surface area contributed by atoms with Crippen molar-refractivity contribution in [3.63, 3.8) is 0 Å². The van der Waals surface area contributed by atoms with Crippen molar-refractivity contribution in [1.82, 2.24) is 14.8 Å². The van der Waals surface area contributed by atoms with Gasteiger partial charge in [-0.25, -0.2) is 4.98 Å². The maximum Gasteiger partial charge on any atom is 0.254 e. The van der Waals surface area contributed by atoms with Gasteiger partial charge in [-0.2, -0.15) is 0 Å². The fourth-order valence-electron chi connectivity index (χ4n) is 2.28. The molecule has 0 aliphatic heterocycles. The normalized spacial score (nSPS) is 10.9. The molecule has 0 spiro atoms. The summed E-state index contributed by atoms with van der Waals surface area (Å²) in [5.74, 6) is 0.469. The Morgan fingerprint density at radius 3 is 2.52 bits per heavy atom. The van der Waals surface area contributed by atoms with Crippen LogP contribution in [0.5, 0.6) is 0 Å². The molecule has 0 bridgehead atoms. The van der Waals surface area contributed by atoms with E-state index in [0.29, 0.717) is 17.9 Å². The van der Waals surface area contributed by atoms with E-state index in [-0.39, 0.29) is 5.91 Å². The van der Waals surface area contributed by atoms with Gasteiger partial charge in [0.2, 0.25) is 0 Å². The summed E-state index contributed by atoms with van der Waals surface area (Å²) < 4.78 is 0. The van der Waals surface area contributed by atoms with E-state index in [1.807, 2.05) is 32.0 Å². The molecule has 5 heteroatoms. The van der Waals surface area contributed by atoms with Crippen molar-refractivity contribution in [3.05, 3.63) is 23.4 Å². The Morgan fingerprint density at radius 1 is 1.24 bits per heavy atom. The first-order valence-electron chi connectivity index (χ1n) is 7.68. The average Bonchev–Trinajstić information content (AvgIpc) is 2.42. The van der Waals surface area contributed by atoms with Gasteiger partial charge >= 0.3 is 0 Å². The summed E-state index contributed by atoms with van der Waals surface area (Å²) in [5, 5.41) is 0. The highest BCUT2D eigenvalue weighted by Gasteiger charge is 2.15. The maximum absolute atomic E-state index is 12.6. The summed E-state index contributed by atoms with van der Waals surface area (Å²) >= 11 is 0. The molecule has 0 aromatic carbocycles. The molecule has 21 heavy (non-hydrogen) atoms. The van der Waals surface area contributed by atoms with Crippen LogP contribution in [0, 0.1) is 0 Å². The summed E-state index contributed by atoms with van der Waals surface area (Å²) in [6, 6.07) is 3.55. The molecule has 1 heterocycles. The zero-order valence-corrected chi connectivity index (χ0v) is 13.7. The summed E-state index contributed by atoms with van der Waals surface area (Å²) in [6.07, 6.45) is 2.80. The van der Waals surface area contributed by atoms with Gasteiger partial charge in [0.25, 0.3) is 5.91 Å². The van der Waals surface area contributed by atoms with Crippen LogP contribution in [0.15, 0.2) is 12.1 Å². The van der Waals surface area contributed by atoms with Crippen LogP contribution in [0.4, 0.5) is 5.82 Å². The van der Waals surface area contributed by atoms with Crippen molar-refractivity contribution in [1.29, 1.82) is 0 Å². The standard InChI is InChI=1S/C16H28N4O/c1-5-8-14-11-13(12-15(17)18-14)16(21)20(6-2)10-7-9-19(3)4/h11-12H,5-10H2,1-4H3,(H2,17,18). The molecule has 5 nitrogen and oxygen atoms in total. The molecule has 0 aliphatic carbocycles. The molecule has 0 saturated heterocycles. The number of hydrogen-bond donors (Lipinski definition) is 1. The third-order valence-corrected chi connectivity index (χ3v) is 3.35. The lowest BCUT2D eigenvalue weighted by Crippen LogP contribution is -2.33. The van der Waals surface area contributed by atoms with Gasteiger partial charge in [0.1, 0.15) is 5.82 Å². The quantitative estimate of drug-likeness (QED) is 0.796. The topological polar surface area (TPSA) is 62.5 Å². The molecule has 118 valence electrons. The third-order valence-electron chi connectivity index (χ3n) is 3.35. The van der Waals surface area contributed by atoms with Crippen LogP contribution in [0.25, 0.3) is 0 Å². The smallest absolute Gasteiger partial charge is 0.254 e. The summed E-state index contributed by atoms with van der Waals surface area (Å²) in [7, 11) is 4.08. The molecule has 1 rings (SSSR count). The largest absolute Gasteiger partial charge is 0.384 e. The van der Waals surface area contributed by atoms with Crippen LogP contribution >= 0.6 is 0 Å². The number of amides is 1. The molecule has 0 aliphatic rings. The second-order valence-electron chi connectivity index (χ2n) is 5.56. The minimum Gasteiger partial charge on any atom is -0.384 e. The van der Waals surface area contributed by atoms with Crippen molar-refractivity contribution >= 4 is 11.7 Å². The monoisotopic (exact) mass is 292 g/mol. The van der Waals surface area contributed by atoms with Gasteiger partial charge in [-0.3, -0.25) is 4.79 Å². The molecule has 1 amide bonds. The molecule has 0 saturated carbocycles. The fraction of sp³-hybridized carbons (Fsp3) is 0.625. The first kappa shape index (κ1) is 17.4. The second kappa shape index (κ2) is 8.62. The van der Waals surface area contributed by atoms with Crippen molar-refractivity contribution in [2.24, 2.45) is 0 Å². The molecular formula is C16H28N4O. The Morgan fingerprint density at radius 2 is 1.95 bits per heavy atom. The van der Waals surface area contributed by atoms with Crippen molar-refractivity contribution in [2.75, 3.05) is 39.5 Å². The number of carbonyl (C=O) groups is 1. The third kappa shape index (κ3) is 5.71. The average molecular weight is 292 g/mol. The molecule has 0 atom stereocenters. The summed E-state index contributed by atoms with van der Waals surface area (Å²) in [5.41, 5.74) is 7.36. The minimum absolute atomic E-state index is 0.0442. The second-order valence-corrected chi connectivity index (χ2v) is 5.56. The number of nitrogens with zero attached hydrogens (tertiary/aromatic N) is 3. The number of anilines is 1. The fourth-order valence-corrected chi connectivity index (χ4v) is 2.28. The van der Waals surface area contributed by atoms with Gasteiger partial charge in [0, 0.05) is 24.3 Å². The first-order chi connectivity index (χ1) is 9.97. The first-order valence-corrected chi connectivity index (χ1v) is 7.68. The zero-order valence-electron chi connectivity index (χ0n) is 13.7. The number of nitrogens with two attached hydrogens (primary N) is 1. The van der Waals surface area contributed by atoms with Gasteiger partial charge in [-0.15, -0.1) is 0 Å². The van der Waals surface area contributed by atoms with Crippen molar-refractivity contribution < 1.29 is 4.79 Å². The minimum atomic E-state index is 0.0442. The molecule has 2 N–H and O–H groups in total. The summed E-state index contributed by atoms with van der Waals surface area (Å²) in [6.45, 7) is 6.54. The Hall–Kier alpha value is -1.62. The molecule has 1 aromatic heterocycles. The molecule has 0 radical (unpaired) electrons. The maximum atomic E-state index is 12.6. The van der Waals surface area contributed by atoms with E-state index >= 15 is 0 Å². The highest BCUT2D eigenvalue weighted by molar-refractivity contribution is 5.95. The molecular weight excluding hydrogens is 264 g/mol. The Balaban J connectivity index is 2.79. The van der Waals surface area contributed by atoms with Gasteiger partial charge in [-0.1, -0.05) is 13.3 Å². The molecule has 0 unspecified atom stereocenters. The molecule has 1 aromatic rings. The SMILES string of the molecule is CCCc1cc(C(=O)N(CC)CCCN(C)C)cc(N)n1. The van der Waals surface area contributed by atoms with Crippen LogP contribution < -0.4 is 5.73 Å². The Bertz CT molecular complexity index is 460. The Labute approximate surface area is 128 Å².